The van der Waals surface area contributed by atoms with Crippen molar-refractivity contribution in [2.45, 2.75) is 13.3 Å². The van der Waals surface area contributed by atoms with Crippen molar-refractivity contribution in [3.63, 3.8) is 0 Å². The van der Waals surface area contributed by atoms with Crippen LogP contribution in [0.25, 0.3) is 0 Å². The quantitative estimate of drug-likeness (QED) is 0.832. The van der Waals surface area contributed by atoms with Crippen LogP contribution in [0.2, 0.25) is 0 Å². The fourth-order valence-corrected chi connectivity index (χ4v) is 2.82. The Morgan fingerprint density at radius 3 is 2.57 bits per heavy atom. The number of carbonyl (C=O) groups excluding carboxylic acids is 1. The van der Waals surface area contributed by atoms with Crippen molar-refractivity contribution in [1.82, 2.24) is 0 Å². The number of carbonyl (C=O) groups is 2. The maximum atomic E-state index is 12.7. The topological polar surface area (TPSA) is 83.6 Å². The first-order valence-corrected chi connectivity index (χ1v) is 7.36. The number of anilines is 2. The SMILES string of the molecule is Cc1cscc1C(=O)N(CCC(=O)O)c1ccccc1N. The van der Waals surface area contributed by atoms with Crippen LogP contribution < -0.4 is 10.6 Å². The highest BCUT2D eigenvalue weighted by Gasteiger charge is 2.22. The number of nitrogens with two attached hydrogens (primary N) is 1. The van der Waals surface area contributed by atoms with Crippen molar-refractivity contribution in [3.8, 4) is 0 Å². The van der Waals surface area contributed by atoms with E-state index in [1.165, 1.54) is 16.2 Å². The van der Waals surface area contributed by atoms with Gasteiger partial charge in [-0.15, -0.1) is 0 Å². The summed E-state index contributed by atoms with van der Waals surface area (Å²) in [5.74, 6) is -1.18. The van der Waals surface area contributed by atoms with E-state index in [0.29, 0.717) is 16.9 Å². The number of thiophene rings is 1. The molecule has 3 N–H and O–H groups in total. The molecule has 1 aromatic carbocycles. The lowest BCUT2D eigenvalue weighted by Crippen LogP contribution is -2.33. The minimum absolute atomic E-state index is 0.0810. The van der Waals surface area contributed by atoms with E-state index in [4.69, 9.17) is 10.8 Å². The normalized spacial score (nSPS) is 10.3. The van der Waals surface area contributed by atoms with Crippen LogP contribution in [0.3, 0.4) is 0 Å². The van der Waals surface area contributed by atoms with Crippen LogP contribution in [0, 0.1) is 6.92 Å². The van der Waals surface area contributed by atoms with Gasteiger partial charge in [0.15, 0.2) is 0 Å². The summed E-state index contributed by atoms with van der Waals surface area (Å²) >= 11 is 1.44. The van der Waals surface area contributed by atoms with Crippen molar-refractivity contribution in [3.05, 3.63) is 46.2 Å². The predicted molar refractivity (Wildman–Crippen MR) is 83.8 cm³/mol. The van der Waals surface area contributed by atoms with Gasteiger partial charge in [-0.05, 0) is 30.0 Å². The molecule has 0 unspecified atom stereocenters. The van der Waals surface area contributed by atoms with Crippen LogP contribution in [-0.2, 0) is 4.79 Å². The summed E-state index contributed by atoms with van der Waals surface area (Å²) in [6.07, 6.45) is -0.136. The number of para-hydroxylation sites is 2. The molecule has 0 saturated carbocycles. The summed E-state index contributed by atoms with van der Waals surface area (Å²) in [7, 11) is 0. The highest BCUT2D eigenvalue weighted by Crippen LogP contribution is 2.26. The Morgan fingerprint density at radius 1 is 1.29 bits per heavy atom. The summed E-state index contributed by atoms with van der Waals surface area (Å²) < 4.78 is 0. The number of benzene rings is 1. The third-order valence-electron chi connectivity index (χ3n) is 3.11. The molecule has 1 amide bonds. The number of rotatable bonds is 5. The molecule has 1 aromatic heterocycles. The van der Waals surface area contributed by atoms with Crippen LogP contribution in [0.15, 0.2) is 35.0 Å². The molecule has 1 heterocycles. The molecule has 0 saturated heterocycles. The maximum absolute atomic E-state index is 12.7. The monoisotopic (exact) mass is 304 g/mol. The average molecular weight is 304 g/mol. The maximum Gasteiger partial charge on any atom is 0.305 e. The zero-order chi connectivity index (χ0) is 15.4. The van der Waals surface area contributed by atoms with Crippen LogP contribution in [-0.4, -0.2) is 23.5 Å². The zero-order valence-electron chi connectivity index (χ0n) is 11.6. The summed E-state index contributed by atoms with van der Waals surface area (Å²) in [6.45, 7) is 1.94. The Bertz CT molecular complexity index is 666. The van der Waals surface area contributed by atoms with Crippen LogP contribution in [0.4, 0.5) is 11.4 Å². The largest absolute Gasteiger partial charge is 0.481 e. The Morgan fingerprint density at radius 2 is 2.00 bits per heavy atom. The van der Waals surface area contributed by atoms with E-state index in [-0.39, 0.29) is 18.9 Å². The van der Waals surface area contributed by atoms with Gasteiger partial charge < -0.3 is 15.7 Å². The van der Waals surface area contributed by atoms with E-state index in [0.717, 1.165) is 5.56 Å². The number of carboxylic acids is 1. The molecule has 0 bridgehead atoms. The standard InChI is InChI=1S/C15H16N2O3S/c1-10-8-21-9-11(10)15(20)17(7-6-14(18)19)13-5-3-2-4-12(13)16/h2-5,8-9H,6-7,16H2,1H3,(H,18,19). The van der Waals surface area contributed by atoms with Crippen LogP contribution in [0.5, 0.6) is 0 Å². The van der Waals surface area contributed by atoms with Gasteiger partial charge in [0.1, 0.15) is 0 Å². The molecule has 6 heteroatoms. The number of aliphatic carboxylic acids is 1. The molecule has 2 rings (SSSR count). The number of carboxylic acid groups (broad SMARTS) is 1. The third-order valence-corrected chi connectivity index (χ3v) is 3.97. The van der Waals surface area contributed by atoms with Crippen molar-refractivity contribution in [2.24, 2.45) is 0 Å². The Hall–Kier alpha value is -2.34. The van der Waals surface area contributed by atoms with E-state index in [1.807, 2.05) is 12.3 Å². The number of hydrogen-bond acceptors (Lipinski definition) is 4. The summed E-state index contributed by atoms with van der Waals surface area (Å²) in [5.41, 5.74) is 8.36. The highest BCUT2D eigenvalue weighted by molar-refractivity contribution is 7.08. The zero-order valence-corrected chi connectivity index (χ0v) is 12.4. The van der Waals surface area contributed by atoms with E-state index in [2.05, 4.69) is 0 Å². The minimum atomic E-state index is -0.954. The van der Waals surface area contributed by atoms with Crippen molar-refractivity contribution >= 4 is 34.6 Å². The molecule has 0 aliphatic heterocycles. The molecule has 0 aliphatic rings. The Labute approximate surface area is 126 Å². The predicted octanol–water partition coefficient (Wildman–Crippen LogP) is 2.76. The third kappa shape index (κ3) is 3.41. The van der Waals surface area contributed by atoms with Gasteiger partial charge in [-0.1, -0.05) is 12.1 Å². The van der Waals surface area contributed by atoms with Crippen molar-refractivity contribution in [1.29, 1.82) is 0 Å². The smallest absolute Gasteiger partial charge is 0.305 e. The number of hydrogen-bond donors (Lipinski definition) is 2. The van der Waals surface area contributed by atoms with Gasteiger partial charge in [0.05, 0.1) is 23.4 Å². The lowest BCUT2D eigenvalue weighted by Gasteiger charge is -2.23. The van der Waals surface area contributed by atoms with Crippen molar-refractivity contribution in [2.75, 3.05) is 17.2 Å². The van der Waals surface area contributed by atoms with Gasteiger partial charge in [0, 0.05) is 11.9 Å². The fraction of sp³-hybridized carbons (Fsp3) is 0.200. The van der Waals surface area contributed by atoms with Crippen LogP contribution >= 0.6 is 11.3 Å². The second-order valence-corrected chi connectivity index (χ2v) is 5.37. The molecule has 110 valence electrons. The average Bonchev–Trinajstić information content (AvgIpc) is 2.86. The van der Waals surface area contributed by atoms with Gasteiger partial charge in [0.25, 0.3) is 5.91 Å². The molecule has 5 nitrogen and oxygen atoms in total. The van der Waals surface area contributed by atoms with E-state index < -0.39 is 5.97 Å². The summed E-state index contributed by atoms with van der Waals surface area (Å²) in [5, 5.41) is 12.5. The van der Waals surface area contributed by atoms with E-state index in [1.54, 1.807) is 29.6 Å². The second-order valence-electron chi connectivity index (χ2n) is 4.63. The molecule has 0 aliphatic carbocycles. The number of aryl methyl sites for hydroxylation is 1. The Balaban J connectivity index is 2.37. The lowest BCUT2D eigenvalue weighted by atomic mass is 10.1. The van der Waals surface area contributed by atoms with Gasteiger partial charge in [0.2, 0.25) is 0 Å². The van der Waals surface area contributed by atoms with Gasteiger partial charge >= 0.3 is 5.97 Å². The molecular formula is C15H16N2O3S. The van der Waals surface area contributed by atoms with Crippen molar-refractivity contribution < 1.29 is 14.7 Å². The molecule has 0 spiro atoms. The lowest BCUT2D eigenvalue weighted by molar-refractivity contribution is -0.136. The highest BCUT2D eigenvalue weighted by atomic mass is 32.1. The fourth-order valence-electron chi connectivity index (χ4n) is 2.00. The summed E-state index contributed by atoms with van der Waals surface area (Å²) in [6, 6.07) is 6.95. The minimum Gasteiger partial charge on any atom is -0.481 e. The first-order chi connectivity index (χ1) is 10.0. The first-order valence-electron chi connectivity index (χ1n) is 6.41. The van der Waals surface area contributed by atoms with Gasteiger partial charge in [-0.25, -0.2) is 0 Å². The second kappa shape index (κ2) is 6.41. The molecule has 2 aromatic rings. The molecule has 21 heavy (non-hydrogen) atoms. The molecular weight excluding hydrogens is 288 g/mol. The molecule has 0 radical (unpaired) electrons. The summed E-state index contributed by atoms with van der Waals surface area (Å²) in [4.78, 5) is 24.9. The van der Waals surface area contributed by atoms with E-state index >= 15 is 0 Å². The van der Waals surface area contributed by atoms with E-state index in [9.17, 15) is 9.59 Å². The van der Waals surface area contributed by atoms with Crippen LogP contribution in [0.1, 0.15) is 22.3 Å². The number of amides is 1. The van der Waals surface area contributed by atoms with Gasteiger partial charge in [-0.3, -0.25) is 9.59 Å². The molecule has 0 atom stereocenters. The Kier molecular flexibility index (Phi) is 4.59. The van der Waals surface area contributed by atoms with Gasteiger partial charge in [-0.2, -0.15) is 11.3 Å². The molecule has 0 fully saturated rings. The first kappa shape index (κ1) is 15.1. The number of nitrogens with zero attached hydrogens (tertiary/aromatic N) is 1. The number of nitrogen functional groups attached to an aromatic ring is 1.